The lowest BCUT2D eigenvalue weighted by Crippen LogP contribution is -2.29. The smallest absolute Gasteiger partial charge is 0.222 e. The summed E-state index contributed by atoms with van der Waals surface area (Å²) in [5.74, 6) is 0.965. The number of nitrogens with one attached hydrogen (secondary N) is 1. The number of methoxy groups -OCH3 is 1. The summed E-state index contributed by atoms with van der Waals surface area (Å²) in [4.78, 5) is 20.0. The number of fused-ring (bicyclic) bond motifs is 1. The molecule has 26 heavy (non-hydrogen) atoms. The normalized spacial score (nSPS) is 19.8. The maximum Gasteiger partial charge on any atom is 0.222 e. The Hall–Kier alpha value is -2.84. The fraction of sp³-hybridized carbons (Fsp3) is 0.333. The number of carbonyl (C=O) groups excluding carboxylic acids is 1. The van der Waals surface area contributed by atoms with Gasteiger partial charge < -0.3 is 14.8 Å². The van der Waals surface area contributed by atoms with E-state index in [-0.39, 0.29) is 5.91 Å². The van der Waals surface area contributed by atoms with Crippen LogP contribution in [-0.2, 0) is 19.9 Å². The van der Waals surface area contributed by atoms with Gasteiger partial charge in [-0.05, 0) is 17.7 Å². The minimum atomic E-state index is -0.455. The Morgan fingerprint density at radius 1 is 1.35 bits per heavy atom. The average Bonchev–Trinajstić information content (AvgIpc) is 3.29. The fourth-order valence-electron chi connectivity index (χ4n) is 3.22. The molecule has 1 saturated heterocycles. The van der Waals surface area contributed by atoms with Gasteiger partial charge in [-0.25, -0.2) is 14.6 Å². The highest BCUT2D eigenvalue weighted by molar-refractivity contribution is 5.90. The van der Waals surface area contributed by atoms with E-state index in [0.29, 0.717) is 24.8 Å². The molecule has 0 radical (unpaired) electrons. The Labute approximate surface area is 150 Å². The zero-order chi connectivity index (χ0) is 18.1. The van der Waals surface area contributed by atoms with Gasteiger partial charge in [-0.1, -0.05) is 0 Å². The molecule has 1 aliphatic heterocycles. The van der Waals surface area contributed by atoms with E-state index in [0.717, 1.165) is 22.9 Å². The van der Waals surface area contributed by atoms with Crippen LogP contribution in [0.2, 0.25) is 0 Å². The third-order valence-corrected chi connectivity index (χ3v) is 4.62. The standard InChI is InChI=1S/C18H19N5O3/c1-12(24)22-16-8-15-13(9-20-16)10-21-23(15)17-7-14(3-5-19-17)18(25-2)4-6-26-11-18/h3,5,7-10H,4,6,11H2,1-2H3,(H,20,22,24). The minimum Gasteiger partial charge on any atom is -0.378 e. The van der Waals surface area contributed by atoms with E-state index in [4.69, 9.17) is 9.47 Å². The molecule has 134 valence electrons. The number of amides is 1. The maximum atomic E-state index is 11.3. The molecule has 3 aromatic heterocycles. The highest BCUT2D eigenvalue weighted by atomic mass is 16.5. The van der Waals surface area contributed by atoms with Crippen molar-refractivity contribution in [2.75, 3.05) is 25.6 Å². The van der Waals surface area contributed by atoms with Crippen LogP contribution in [0.4, 0.5) is 5.82 Å². The van der Waals surface area contributed by atoms with E-state index in [1.807, 2.05) is 12.1 Å². The first kappa shape index (κ1) is 16.6. The van der Waals surface area contributed by atoms with Gasteiger partial charge in [0.25, 0.3) is 0 Å². The number of carbonyl (C=O) groups is 1. The van der Waals surface area contributed by atoms with E-state index in [1.165, 1.54) is 6.92 Å². The summed E-state index contributed by atoms with van der Waals surface area (Å²) in [6, 6.07) is 5.68. The highest BCUT2D eigenvalue weighted by Crippen LogP contribution is 2.34. The van der Waals surface area contributed by atoms with Gasteiger partial charge in [0.1, 0.15) is 11.4 Å². The molecule has 1 atom stereocenters. The summed E-state index contributed by atoms with van der Waals surface area (Å²) in [5.41, 5.74) is 1.36. The molecule has 8 nitrogen and oxygen atoms in total. The second kappa shape index (κ2) is 6.47. The predicted molar refractivity (Wildman–Crippen MR) is 95.1 cm³/mol. The molecule has 4 heterocycles. The van der Waals surface area contributed by atoms with Crippen molar-refractivity contribution in [3.63, 3.8) is 0 Å². The van der Waals surface area contributed by atoms with Crippen molar-refractivity contribution >= 4 is 22.6 Å². The Morgan fingerprint density at radius 3 is 2.96 bits per heavy atom. The van der Waals surface area contributed by atoms with E-state index >= 15 is 0 Å². The molecule has 0 spiro atoms. The summed E-state index contributed by atoms with van der Waals surface area (Å²) in [6.07, 6.45) is 5.94. The molecule has 0 aromatic carbocycles. The van der Waals surface area contributed by atoms with Crippen LogP contribution in [0.1, 0.15) is 18.9 Å². The van der Waals surface area contributed by atoms with Gasteiger partial charge in [-0.15, -0.1) is 0 Å². The molecule has 0 aliphatic carbocycles. The molecule has 8 heteroatoms. The minimum absolute atomic E-state index is 0.175. The third-order valence-electron chi connectivity index (χ3n) is 4.62. The Bertz CT molecular complexity index is 962. The molecule has 3 aromatic rings. The Balaban J connectivity index is 1.78. The van der Waals surface area contributed by atoms with Crippen LogP contribution in [0.3, 0.4) is 0 Å². The number of anilines is 1. The van der Waals surface area contributed by atoms with Gasteiger partial charge in [0.05, 0.1) is 18.3 Å². The molecule has 1 unspecified atom stereocenters. The van der Waals surface area contributed by atoms with Crippen molar-refractivity contribution in [1.29, 1.82) is 0 Å². The number of pyridine rings is 2. The van der Waals surface area contributed by atoms with Gasteiger partial charge in [0.15, 0.2) is 5.82 Å². The van der Waals surface area contributed by atoms with Crippen molar-refractivity contribution in [2.24, 2.45) is 0 Å². The van der Waals surface area contributed by atoms with E-state index in [9.17, 15) is 4.79 Å². The van der Waals surface area contributed by atoms with Gasteiger partial charge >= 0.3 is 0 Å². The second-order valence-corrected chi connectivity index (χ2v) is 6.27. The summed E-state index contributed by atoms with van der Waals surface area (Å²) in [5, 5.41) is 7.98. The zero-order valence-electron chi connectivity index (χ0n) is 14.6. The second-order valence-electron chi connectivity index (χ2n) is 6.27. The first-order chi connectivity index (χ1) is 12.6. The first-order valence-electron chi connectivity index (χ1n) is 8.32. The molecule has 1 N–H and O–H groups in total. The lowest BCUT2D eigenvalue weighted by molar-refractivity contribution is -0.114. The SMILES string of the molecule is COC1(c2ccnc(-n3ncc4cnc(NC(C)=O)cc43)c2)CCOC1. The number of hydrogen-bond donors (Lipinski definition) is 1. The van der Waals surface area contributed by atoms with Crippen LogP contribution in [0.5, 0.6) is 0 Å². The highest BCUT2D eigenvalue weighted by Gasteiger charge is 2.37. The van der Waals surface area contributed by atoms with E-state index in [1.54, 1.807) is 36.4 Å². The van der Waals surface area contributed by atoms with Gasteiger partial charge in [-0.3, -0.25) is 4.79 Å². The van der Waals surface area contributed by atoms with Crippen molar-refractivity contribution < 1.29 is 14.3 Å². The third kappa shape index (κ3) is 2.83. The fourth-order valence-corrected chi connectivity index (χ4v) is 3.22. The van der Waals surface area contributed by atoms with E-state index < -0.39 is 5.60 Å². The molecule has 4 rings (SSSR count). The van der Waals surface area contributed by atoms with Gasteiger partial charge in [0, 0.05) is 50.9 Å². The zero-order valence-corrected chi connectivity index (χ0v) is 14.6. The lowest BCUT2D eigenvalue weighted by Gasteiger charge is -2.26. The van der Waals surface area contributed by atoms with E-state index in [2.05, 4.69) is 20.4 Å². The summed E-state index contributed by atoms with van der Waals surface area (Å²) in [7, 11) is 1.70. The predicted octanol–water partition coefficient (Wildman–Crippen LogP) is 2.04. The van der Waals surface area contributed by atoms with Crippen LogP contribution >= 0.6 is 0 Å². The van der Waals surface area contributed by atoms with Crippen molar-refractivity contribution in [3.05, 3.63) is 42.4 Å². The number of nitrogens with zero attached hydrogens (tertiary/aromatic N) is 4. The molecule has 1 amide bonds. The van der Waals surface area contributed by atoms with Gasteiger partial charge in [-0.2, -0.15) is 5.10 Å². The topological polar surface area (TPSA) is 91.2 Å². The van der Waals surface area contributed by atoms with Crippen molar-refractivity contribution in [2.45, 2.75) is 18.9 Å². The summed E-state index contributed by atoms with van der Waals surface area (Å²) in [6.45, 7) is 2.63. The molecule has 0 saturated carbocycles. The van der Waals surface area contributed by atoms with Crippen LogP contribution in [-0.4, -0.2) is 46.0 Å². The molecule has 0 bridgehead atoms. The van der Waals surface area contributed by atoms with Crippen LogP contribution in [0.25, 0.3) is 16.7 Å². The largest absolute Gasteiger partial charge is 0.378 e. The monoisotopic (exact) mass is 353 g/mol. The number of hydrogen-bond acceptors (Lipinski definition) is 6. The summed E-state index contributed by atoms with van der Waals surface area (Å²) < 4.78 is 13.0. The maximum absolute atomic E-state index is 11.3. The number of rotatable bonds is 4. The first-order valence-corrected chi connectivity index (χ1v) is 8.32. The number of ether oxygens (including phenoxy) is 2. The lowest BCUT2D eigenvalue weighted by atomic mass is 9.93. The quantitative estimate of drug-likeness (QED) is 0.772. The number of aromatic nitrogens is 4. The summed E-state index contributed by atoms with van der Waals surface area (Å²) >= 11 is 0. The van der Waals surface area contributed by atoms with Gasteiger partial charge in [0.2, 0.25) is 5.91 Å². The molecular weight excluding hydrogens is 334 g/mol. The molecular formula is C18H19N5O3. The van der Waals surface area contributed by atoms with Crippen LogP contribution in [0, 0.1) is 0 Å². The van der Waals surface area contributed by atoms with Crippen molar-refractivity contribution in [1.82, 2.24) is 19.7 Å². The van der Waals surface area contributed by atoms with Crippen LogP contribution < -0.4 is 5.32 Å². The molecule has 1 fully saturated rings. The van der Waals surface area contributed by atoms with Crippen molar-refractivity contribution in [3.8, 4) is 5.82 Å². The Kier molecular flexibility index (Phi) is 4.14. The average molecular weight is 353 g/mol. The molecule has 1 aliphatic rings. The van der Waals surface area contributed by atoms with Crippen LogP contribution in [0.15, 0.2) is 36.8 Å². The Morgan fingerprint density at radius 2 is 2.23 bits per heavy atom.